The zero-order valence-corrected chi connectivity index (χ0v) is 15.4. The summed E-state index contributed by atoms with van der Waals surface area (Å²) in [5.41, 5.74) is 2.28. The number of hydrogen-bond acceptors (Lipinski definition) is 3. The van der Waals surface area contributed by atoms with Crippen LogP contribution >= 0.6 is 0 Å². The molecule has 1 heterocycles. The summed E-state index contributed by atoms with van der Waals surface area (Å²) in [4.78, 5) is 29.5. The molecule has 2 aromatic rings. The van der Waals surface area contributed by atoms with Gasteiger partial charge < -0.3 is 5.32 Å². The van der Waals surface area contributed by atoms with Gasteiger partial charge in [-0.15, -0.1) is 0 Å². The van der Waals surface area contributed by atoms with Crippen molar-refractivity contribution in [2.24, 2.45) is 10.9 Å². The lowest BCUT2D eigenvalue weighted by Gasteiger charge is -2.30. The summed E-state index contributed by atoms with van der Waals surface area (Å²) in [7, 11) is 0. The maximum Gasteiger partial charge on any atom is 0.236 e. The highest BCUT2D eigenvalue weighted by Crippen LogP contribution is 2.29. The van der Waals surface area contributed by atoms with Crippen molar-refractivity contribution >= 4 is 23.6 Å². The first-order chi connectivity index (χ1) is 12.4. The Balaban J connectivity index is 1.66. The third-order valence-electron chi connectivity index (χ3n) is 4.86. The number of fused-ring (bicyclic) bond motifs is 1. The number of benzene rings is 2. The van der Waals surface area contributed by atoms with Crippen LogP contribution in [0.25, 0.3) is 0 Å². The molecule has 0 spiro atoms. The molecule has 0 aromatic heterocycles. The Bertz CT molecular complexity index is 840. The molecule has 0 aliphatic carbocycles. The van der Waals surface area contributed by atoms with Crippen LogP contribution in [0.4, 0.5) is 5.69 Å². The van der Waals surface area contributed by atoms with E-state index in [0.29, 0.717) is 11.3 Å². The van der Waals surface area contributed by atoms with Crippen LogP contribution in [-0.2, 0) is 10.2 Å². The van der Waals surface area contributed by atoms with Gasteiger partial charge >= 0.3 is 0 Å². The number of carbonyl (C=O) groups is 2. The maximum atomic E-state index is 12.6. The minimum Gasteiger partial charge on any atom is -0.353 e. The number of nitrogens with one attached hydrogen (secondary N) is 1. The number of nitrogens with zero attached hydrogens (tertiary/aromatic N) is 1. The molecule has 4 nitrogen and oxygen atoms in total. The normalized spacial score (nSPS) is 17.5. The number of carbonyl (C=O) groups excluding carboxylic acids is 2. The van der Waals surface area contributed by atoms with Crippen LogP contribution in [-0.4, -0.2) is 23.9 Å². The van der Waals surface area contributed by atoms with E-state index < -0.39 is 5.92 Å². The Morgan fingerprint density at radius 1 is 1.12 bits per heavy atom. The largest absolute Gasteiger partial charge is 0.353 e. The Kier molecular flexibility index (Phi) is 5.03. The number of hydrogen-bond donors (Lipinski definition) is 1. The van der Waals surface area contributed by atoms with Gasteiger partial charge in [0.15, 0.2) is 5.78 Å². The fraction of sp³-hybridized carbons (Fsp3) is 0.318. The van der Waals surface area contributed by atoms with Gasteiger partial charge in [-0.2, -0.15) is 0 Å². The molecule has 1 amide bonds. The van der Waals surface area contributed by atoms with Gasteiger partial charge in [0.2, 0.25) is 5.91 Å². The Morgan fingerprint density at radius 2 is 1.77 bits per heavy atom. The molecule has 134 valence electrons. The summed E-state index contributed by atoms with van der Waals surface area (Å²) in [5, 5.41) is 2.99. The van der Waals surface area contributed by atoms with Crippen molar-refractivity contribution in [2.45, 2.75) is 38.6 Å². The molecular formula is C22H24N2O2. The van der Waals surface area contributed by atoms with E-state index in [1.807, 2.05) is 31.2 Å². The molecule has 2 unspecified atom stereocenters. The lowest BCUT2D eigenvalue weighted by atomic mass is 9.79. The fourth-order valence-corrected chi connectivity index (χ4v) is 3.53. The van der Waals surface area contributed by atoms with Gasteiger partial charge in [0.25, 0.3) is 0 Å². The first kappa shape index (κ1) is 18.1. The zero-order valence-electron chi connectivity index (χ0n) is 15.4. The van der Waals surface area contributed by atoms with Crippen molar-refractivity contribution in [1.29, 1.82) is 0 Å². The fourth-order valence-electron chi connectivity index (χ4n) is 3.53. The molecule has 1 aliphatic rings. The zero-order chi connectivity index (χ0) is 18.7. The summed E-state index contributed by atoms with van der Waals surface area (Å²) in [5.74, 6) is -1.33. The van der Waals surface area contributed by atoms with Gasteiger partial charge in [-0.25, -0.2) is 0 Å². The molecular weight excluding hydrogens is 324 g/mol. The van der Waals surface area contributed by atoms with E-state index in [0.717, 1.165) is 6.42 Å². The summed E-state index contributed by atoms with van der Waals surface area (Å²) < 4.78 is 0. The average molecular weight is 348 g/mol. The second kappa shape index (κ2) is 7.24. The topological polar surface area (TPSA) is 58.5 Å². The molecule has 1 N–H and O–H groups in total. The number of ketones is 1. The Hall–Kier alpha value is -2.75. The van der Waals surface area contributed by atoms with Gasteiger partial charge in [-0.05, 0) is 36.5 Å². The van der Waals surface area contributed by atoms with Crippen molar-refractivity contribution in [3.05, 3.63) is 65.7 Å². The van der Waals surface area contributed by atoms with E-state index >= 15 is 0 Å². The first-order valence-corrected chi connectivity index (χ1v) is 8.92. The third kappa shape index (κ3) is 3.74. The van der Waals surface area contributed by atoms with Gasteiger partial charge in [0.05, 0.1) is 5.69 Å². The van der Waals surface area contributed by atoms with Gasteiger partial charge in [-0.1, -0.05) is 56.3 Å². The summed E-state index contributed by atoms with van der Waals surface area (Å²) in [6, 6.07) is 17.3. The Morgan fingerprint density at radius 3 is 2.50 bits per heavy atom. The molecule has 0 fully saturated rings. The maximum absolute atomic E-state index is 12.6. The van der Waals surface area contributed by atoms with Crippen LogP contribution in [0.3, 0.4) is 0 Å². The SMILES string of the molecule is CC(CC(C)(C)c1ccccc1)NC(=O)C1C=Nc2ccccc2C1=O. The molecule has 26 heavy (non-hydrogen) atoms. The van der Waals surface area contributed by atoms with Crippen molar-refractivity contribution in [2.75, 3.05) is 0 Å². The monoisotopic (exact) mass is 348 g/mol. The van der Waals surface area contributed by atoms with Crippen LogP contribution < -0.4 is 5.32 Å². The lowest BCUT2D eigenvalue weighted by Crippen LogP contribution is -2.43. The van der Waals surface area contributed by atoms with Gasteiger partial charge in [0.1, 0.15) is 5.92 Å². The molecule has 0 bridgehead atoms. The molecule has 4 heteroatoms. The van der Waals surface area contributed by atoms with E-state index in [-0.39, 0.29) is 23.1 Å². The van der Waals surface area contributed by atoms with E-state index in [1.54, 1.807) is 18.2 Å². The standard InChI is InChI=1S/C22H24N2O2/c1-15(13-22(2,3)16-9-5-4-6-10-16)24-21(26)18-14-23-19-12-8-7-11-17(19)20(18)25/h4-12,14-15,18H,13H2,1-3H3,(H,24,26). The minimum atomic E-state index is -0.854. The predicted octanol–water partition coefficient (Wildman–Crippen LogP) is 4.07. The van der Waals surface area contributed by atoms with Crippen LogP contribution in [0.2, 0.25) is 0 Å². The highest BCUT2D eigenvalue weighted by molar-refractivity contribution is 6.23. The van der Waals surface area contributed by atoms with Crippen LogP contribution in [0.15, 0.2) is 59.6 Å². The minimum absolute atomic E-state index is 0.0592. The molecule has 3 rings (SSSR count). The van der Waals surface area contributed by atoms with Crippen molar-refractivity contribution in [3.8, 4) is 0 Å². The Labute approximate surface area is 154 Å². The summed E-state index contributed by atoms with van der Waals surface area (Å²) in [6.45, 7) is 6.30. The molecule has 0 saturated heterocycles. The molecule has 2 aromatic carbocycles. The quantitative estimate of drug-likeness (QED) is 0.828. The van der Waals surface area contributed by atoms with Crippen LogP contribution in [0, 0.1) is 5.92 Å². The highest BCUT2D eigenvalue weighted by Gasteiger charge is 2.32. The predicted molar refractivity (Wildman–Crippen MR) is 104 cm³/mol. The smallest absolute Gasteiger partial charge is 0.236 e. The molecule has 1 aliphatic heterocycles. The van der Waals surface area contributed by atoms with Crippen molar-refractivity contribution in [3.63, 3.8) is 0 Å². The van der Waals surface area contributed by atoms with Gasteiger partial charge in [0, 0.05) is 17.8 Å². The average Bonchev–Trinajstić information content (AvgIpc) is 2.62. The first-order valence-electron chi connectivity index (χ1n) is 8.92. The number of aliphatic imine (C=N–C) groups is 1. The van der Waals surface area contributed by atoms with Crippen molar-refractivity contribution < 1.29 is 9.59 Å². The van der Waals surface area contributed by atoms with E-state index in [2.05, 4.69) is 36.3 Å². The number of para-hydroxylation sites is 1. The van der Waals surface area contributed by atoms with E-state index in [1.165, 1.54) is 11.8 Å². The van der Waals surface area contributed by atoms with Crippen LogP contribution in [0.5, 0.6) is 0 Å². The second-order valence-electron chi connectivity index (χ2n) is 7.50. The van der Waals surface area contributed by atoms with Gasteiger partial charge in [-0.3, -0.25) is 14.6 Å². The lowest BCUT2D eigenvalue weighted by molar-refractivity contribution is -0.122. The summed E-state index contributed by atoms with van der Waals surface area (Å²) >= 11 is 0. The highest BCUT2D eigenvalue weighted by atomic mass is 16.2. The van der Waals surface area contributed by atoms with E-state index in [4.69, 9.17) is 0 Å². The molecule has 0 radical (unpaired) electrons. The van der Waals surface area contributed by atoms with E-state index in [9.17, 15) is 9.59 Å². The third-order valence-corrected chi connectivity index (χ3v) is 4.86. The molecule has 2 atom stereocenters. The number of rotatable bonds is 5. The van der Waals surface area contributed by atoms with Crippen LogP contribution in [0.1, 0.15) is 43.1 Å². The number of Topliss-reactive ketones (excluding diaryl/α,β-unsaturated/α-hetero) is 1. The van der Waals surface area contributed by atoms with Crippen molar-refractivity contribution in [1.82, 2.24) is 5.32 Å². The second-order valence-corrected chi connectivity index (χ2v) is 7.50. The summed E-state index contributed by atoms with van der Waals surface area (Å²) in [6.07, 6.45) is 2.23. The number of amides is 1. The molecule has 0 saturated carbocycles.